The molecular weight excluding hydrogens is 256 g/mol. The van der Waals surface area contributed by atoms with Crippen LogP contribution in [-0.4, -0.2) is 24.2 Å². The lowest BCUT2D eigenvalue weighted by Gasteiger charge is -2.00. The fourth-order valence-electron chi connectivity index (χ4n) is 1.73. The fraction of sp³-hybridized carbons (Fsp3) is 0.875. The lowest BCUT2D eigenvalue weighted by atomic mass is 10.1. The van der Waals surface area contributed by atoms with Crippen molar-refractivity contribution >= 4 is 11.9 Å². The van der Waals surface area contributed by atoms with Gasteiger partial charge in [0.05, 0.1) is 7.11 Å². The summed E-state index contributed by atoms with van der Waals surface area (Å²) in [5.41, 5.74) is 0. The van der Waals surface area contributed by atoms with Crippen LogP contribution in [0.5, 0.6) is 0 Å². The smallest absolute Gasteiger partial charge is 0.305 e. The van der Waals surface area contributed by atoms with Gasteiger partial charge in [-0.3, -0.25) is 9.59 Å². The van der Waals surface area contributed by atoms with Crippen LogP contribution in [0.4, 0.5) is 0 Å². The summed E-state index contributed by atoms with van der Waals surface area (Å²) in [5, 5.41) is 8.41. The van der Waals surface area contributed by atoms with Crippen molar-refractivity contribution in [2.45, 2.75) is 84.5 Å². The third-order valence-electron chi connectivity index (χ3n) is 3.01. The number of carboxylic acid groups (broad SMARTS) is 1. The molecule has 0 heterocycles. The number of carbonyl (C=O) groups excluding carboxylic acids is 1. The predicted molar refractivity (Wildman–Crippen MR) is 81.8 cm³/mol. The van der Waals surface area contributed by atoms with E-state index in [2.05, 4.69) is 11.7 Å². The SMILES string of the molecule is CCC(=O)OC.CCCCCCCCCCCC(=O)O. The number of hydrogen-bond acceptors (Lipinski definition) is 3. The Bertz CT molecular complexity index is 221. The van der Waals surface area contributed by atoms with Gasteiger partial charge in [-0.15, -0.1) is 0 Å². The van der Waals surface area contributed by atoms with E-state index >= 15 is 0 Å². The van der Waals surface area contributed by atoms with Gasteiger partial charge in [0.25, 0.3) is 0 Å². The summed E-state index contributed by atoms with van der Waals surface area (Å²) in [6, 6.07) is 0. The van der Waals surface area contributed by atoms with E-state index in [-0.39, 0.29) is 5.97 Å². The molecule has 0 aliphatic carbocycles. The van der Waals surface area contributed by atoms with Crippen LogP contribution < -0.4 is 0 Å². The second-order valence-corrected chi connectivity index (χ2v) is 4.90. The van der Waals surface area contributed by atoms with Crippen molar-refractivity contribution in [1.82, 2.24) is 0 Å². The highest BCUT2D eigenvalue weighted by molar-refractivity contribution is 5.68. The van der Waals surface area contributed by atoms with Gasteiger partial charge in [0, 0.05) is 12.8 Å². The minimum atomic E-state index is -0.659. The van der Waals surface area contributed by atoms with Crippen LogP contribution in [0.3, 0.4) is 0 Å². The zero-order valence-electron chi connectivity index (χ0n) is 13.5. The minimum absolute atomic E-state index is 0.157. The second-order valence-electron chi connectivity index (χ2n) is 4.90. The van der Waals surface area contributed by atoms with Crippen LogP contribution in [0.1, 0.15) is 84.5 Å². The van der Waals surface area contributed by atoms with Gasteiger partial charge in [0.2, 0.25) is 0 Å². The first-order chi connectivity index (χ1) is 9.58. The lowest BCUT2D eigenvalue weighted by molar-refractivity contribution is -0.140. The molecule has 0 aromatic heterocycles. The fourth-order valence-corrected chi connectivity index (χ4v) is 1.73. The molecule has 4 heteroatoms. The van der Waals surface area contributed by atoms with E-state index in [0.29, 0.717) is 12.8 Å². The number of rotatable bonds is 11. The topological polar surface area (TPSA) is 63.6 Å². The molecule has 20 heavy (non-hydrogen) atoms. The first-order valence-corrected chi connectivity index (χ1v) is 7.87. The molecule has 0 fully saturated rings. The van der Waals surface area contributed by atoms with E-state index in [1.807, 2.05) is 0 Å². The van der Waals surface area contributed by atoms with Crippen LogP contribution in [0.25, 0.3) is 0 Å². The van der Waals surface area contributed by atoms with Crippen molar-refractivity contribution < 1.29 is 19.4 Å². The number of carboxylic acids is 1. The predicted octanol–water partition coefficient (Wildman–Crippen LogP) is 4.56. The van der Waals surface area contributed by atoms with E-state index in [1.54, 1.807) is 6.92 Å². The molecule has 0 unspecified atom stereocenters. The van der Waals surface area contributed by atoms with Crippen LogP contribution in [0, 0.1) is 0 Å². The molecule has 0 aromatic carbocycles. The Kier molecular flexibility index (Phi) is 19.1. The van der Waals surface area contributed by atoms with Gasteiger partial charge in [-0.05, 0) is 6.42 Å². The molecule has 0 aliphatic heterocycles. The summed E-state index contributed by atoms with van der Waals surface area (Å²) in [6.07, 6.45) is 11.9. The third kappa shape index (κ3) is 22.1. The van der Waals surface area contributed by atoms with Crippen molar-refractivity contribution in [1.29, 1.82) is 0 Å². The van der Waals surface area contributed by atoms with E-state index in [9.17, 15) is 9.59 Å². The molecule has 0 saturated carbocycles. The zero-order valence-corrected chi connectivity index (χ0v) is 13.5. The Balaban J connectivity index is 0. The summed E-state index contributed by atoms with van der Waals surface area (Å²) in [7, 11) is 1.38. The molecule has 0 bridgehead atoms. The summed E-state index contributed by atoms with van der Waals surface area (Å²) in [4.78, 5) is 20.2. The van der Waals surface area contributed by atoms with Crippen molar-refractivity contribution in [2.24, 2.45) is 0 Å². The number of esters is 1. The van der Waals surface area contributed by atoms with Gasteiger partial charge >= 0.3 is 11.9 Å². The maximum atomic E-state index is 10.2. The molecular formula is C16H32O4. The molecule has 120 valence electrons. The second kappa shape index (κ2) is 17.9. The number of methoxy groups -OCH3 is 1. The zero-order chi connectivity index (χ0) is 15.6. The van der Waals surface area contributed by atoms with Gasteiger partial charge in [0.1, 0.15) is 0 Å². The molecule has 0 radical (unpaired) electrons. The van der Waals surface area contributed by atoms with Gasteiger partial charge in [0.15, 0.2) is 0 Å². The van der Waals surface area contributed by atoms with E-state index in [4.69, 9.17) is 5.11 Å². The standard InChI is InChI=1S/C12H24O2.C4H8O2/c1-2-3-4-5-6-7-8-9-10-11-12(13)14;1-3-4(5)6-2/h2-11H2,1H3,(H,13,14);3H2,1-2H3. The molecule has 0 spiro atoms. The van der Waals surface area contributed by atoms with E-state index in [1.165, 1.54) is 52.1 Å². The summed E-state index contributed by atoms with van der Waals surface area (Å²) < 4.78 is 4.26. The normalized spacial score (nSPS) is 9.55. The van der Waals surface area contributed by atoms with Gasteiger partial charge in [-0.2, -0.15) is 0 Å². The molecule has 0 aromatic rings. The van der Waals surface area contributed by atoms with Crippen LogP contribution in [-0.2, 0) is 14.3 Å². The first-order valence-electron chi connectivity index (χ1n) is 7.87. The molecule has 4 nitrogen and oxygen atoms in total. The van der Waals surface area contributed by atoms with Gasteiger partial charge in [-0.1, -0.05) is 65.2 Å². The molecule has 0 amide bonds. The number of carbonyl (C=O) groups is 2. The van der Waals surface area contributed by atoms with Crippen molar-refractivity contribution in [3.63, 3.8) is 0 Å². The number of unbranched alkanes of at least 4 members (excludes halogenated alkanes) is 8. The Labute approximate surface area is 123 Å². The largest absolute Gasteiger partial charge is 0.481 e. The summed E-state index contributed by atoms with van der Waals surface area (Å²) >= 11 is 0. The van der Waals surface area contributed by atoms with Gasteiger partial charge in [-0.25, -0.2) is 0 Å². The molecule has 0 atom stereocenters. The van der Waals surface area contributed by atoms with Crippen molar-refractivity contribution in [3.8, 4) is 0 Å². The summed E-state index contributed by atoms with van der Waals surface area (Å²) in [6.45, 7) is 3.98. The quantitative estimate of drug-likeness (QED) is 0.447. The maximum absolute atomic E-state index is 10.2. The monoisotopic (exact) mass is 288 g/mol. The Morgan fingerprint density at radius 2 is 1.30 bits per heavy atom. The highest BCUT2D eigenvalue weighted by Crippen LogP contribution is 2.10. The average Bonchev–Trinajstić information content (AvgIpc) is 2.45. The van der Waals surface area contributed by atoms with E-state index in [0.717, 1.165) is 12.8 Å². The average molecular weight is 288 g/mol. The van der Waals surface area contributed by atoms with Crippen molar-refractivity contribution in [2.75, 3.05) is 7.11 Å². The highest BCUT2D eigenvalue weighted by Gasteiger charge is 1.96. The van der Waals surface area contributed by atoms with Crippen molar-refractivity contribution in [3.05, 3.63) is 0 Å². The Hall–Kier alpha value is -1.06. The number of hydrogen-bond donors (Lipinski definition) is 1. The van der Waals surface area contributed by atoms with Gasteiger partial charge < -0.3 is 9.84 Å². The van der Waals surface area contributed by atoms with Crippen LogP contribution >= 0.6 is 0 Å². The number of ether oxygens (including phenoxy) is 1. The molecule has 0 rings (SSSR count). The molecule has 1 N–H and O–H groups in total. The highest BCUT2D eigenvalue weighted by atomic mass is 16.5. The van der Waals surface area contributed by atoms with Crippen LogP contribution in [0.15, 0.2) is 0 Å². The summed E-state index contributed by atoms with van der Waals surface area (Å²) in [5.74, 6) is -0.817. The lowest BCUT2D eigenvalue weighted by Crippen LogP contribution is -1.94. The minimum Gasteiger partial charge on any atom is -0.481 e. The Morgan fingerprint density at radius 3 is 1.60 bits per heavy atom. The first kappa shape index (κ1) is 21.2. The molecule has 0 saturated heterocycles. The maximum Gasteiger partial charge on any atom is 0.305 e. The molecule has 0 aliphatic rings. The number of aliphatic carboxylic acids is 1. The third-order valence-corrected chi connectivity index (χ3v) is 3.01. The van der Waals surface area contributed by atoms with E-state index < -0.39 is 5.97 Å². The van der Waals surface area contributed by atoms with Crippen LogP contribution in [0.2, 0.25) is 0 Å². The Morgan fingerprint density at radius 1 is 0.850 bits per heavy atom.